The number of nitrogens with zero attached hydrogens (tertiary/aromatic N) is 1. The maximum Gasteiger partial charge on any atom is 0.315 e. The second kappa shape index (κ2) is 9.88. The van der Waals surface area contributed by atoms with Gasteiger partial charge in [-0.25, -0.2) is 0 Å². The predicted octanol–water partition coefficient (Wildman–Crippen LogP) is 5.25. The van der Waals surface area contributed by atoms with Crippen LogP contribution in [0.5, 0.6) is 11.5 Å². The molecule has 0 fully saturated rings. The first-order chi connectivity index (χ1) is 15.2. The molecule has 2 aliphatic rings. The Balaban J connectivity index is 2.07. The fourth-order valence-electron chi connectivity index (χ4n) is 4.77. The number of carbonyl (C=O) groups is 2. The summed E-state index contributed by atoms with van der Waals surface area (Å²) in [5, 5.41) is 0. The van der Waals surface area contributed by atoms with Crippen LogP contribution in [0.3, 0.4) is 0 Å². The molecule has 32 heavy (non-hydrogen) atoms. The van der Waals surface area contributed by atoms with Crippen molar-refractivity contribution in [2.24, 2.45) is 16.3 Å². The number of benzene rings is 1. The van der Waals surface area contributed by atoms with Crippen LogP contribution in [-0.4, -0.2) is 38.3 Å². The van der Waals surface area contributed by atoms with E-state index >= 15 is 0 Å². The van der Waals surface area contributed by atoms with E-state index < -0.39 is 11.8 Å². The Hall–Kier alpha value is -2.63. The summed E-state index contributed by atoms with van der Waals surface area (Å²) >= 11 is 0. The number of rotatable bonds is 8. The van der Waals surface area contributed by atoms with E-state index in [9.17, 15) is 9.59 Å². The number of Topliss-reactive ketones (excluding diaryl/α,β-unsaturated/α-hetero) is 1. The van der Waals surface area contributed by atoms with Crippen LogP contribution in [-0.2, 0) is 14.3 Å². The first-order valence-electron chi connectivity index (χ1n) is 11.4. The molecule has 1 heterocycles. The van der Waals surface area contributed by atoms with E-state index in [2.05, 4.69) is 20.8 Å². The zero-order valence-electron chi connectivity index (χ0n) is 20.1. The van der Waals surface area contributed by atoms with Crippen LogP contribution in [0.25, 0.3) is 0 Å². The zero-order chi connectivity index (χ0) is 23.5. The molecule has 0 spiro atoms. The van der Waals surface area contributed by atoms with Gasteiger partial charge in [0.15, 0.2) is 17.3 Å². The highest BCUT2D eigenvalue weighted by Crippen LogP contribution is 2.48. The summed E-state index contributed by atoms with van der Waals surface area (Å²) in [6.07, 6.45) is 4.02. The zero-order valence-corrected chi connectivity index (χ0v) is 20.1. The number of hydrogen-bond acceptors (Lipinski definition) is 6. The highest BCUT2D eigenvalue weighted by atomic mass is 16.5. The highest BCUT2D eigenvalue weighted by molar-refractivity contribution is 6.09. The number of unbranched alkanes of at least 4 members (excludes halogenated alkanes) is 2. The summed E-state index contributed by atoms with van der Waals surface area (Å²) in [4.78, 5) is 31.4. The van der Waals surface area contributed by atoms with Crippen LogP contribution in [0.2, 0.25) is 0 Å². The number of allylic oxidation sites excluding steroid dienone is 2. The summed E-state index contributed by atoms with van der Waals surface area (Å²) in [7, 11) is 3.16. The van der Waals surface area contributed by atoms with Gasteiger partial charge in [-0.3, -0.25) is 14.6 Å². The van der Waals surface area contributed by atoms with Gasteiger partial charge >= 0.3 is 5.97 Å². The number of ketones is 1. The van der Waals surface area contributed by atoms with Gasteiger partial charge in [0, 0.05) is 29.3 Å². The van der Waals surface area contributed by atoms with Crippen LogP contribution in [0.4, 0.5) is 0 Å². The number of ether oxygens (including phenoxy) is 3. The quantitative estimate of drug-likeness (QED) is 0.407. The largest absolute Gasteiger partial charge is 0.493 e. The van der Waals surface area contributed by atoms with Gasteiger partial charge in [0.05, 0.1) is 20.8 Å². The number of esters is 1. The molecule has 0 amide bonds. The monoisotopic (exact) mass is 441 g/mol. The van der Waals surface area contributed by atoms with Crippen molar-refractivity contribution in [1.29, 1.82) is 0 Å². The molecule has 0 aromatic heterocycles. The summed E-state index contributed by atoms with van der Waals surface area (Å²) in [6, 6.07) is 5.58. The van der Waals surface area contributed by atoms with Crippen molar-refractivity contribution in [3.05, 3.63) is 35.0 Å². The van der Waals surface area contributed by atoms with Crippen molar-refractivity contribution >= 4 is 17.5 Å². The number of hydrogen-bond donors (Lipinski definition) is 0. The first-order valence-corrected chi connectivity index (χ1v) is 11.4. The van der Waals surface area contributed by atoms with E-state index in [0.717, 1.165) is 30.5 Å². The molecule has 0 N–H and O–H groups in total. The van der Waals surface area contributed by atoms with Gasteiger partial charge in [-0.1, -0.05) is 39.7 Å². The Morgan fingerprint density at radius 2 is 1.84 bits per heavy atom. The fourth-order valence-corrected chi connectivity index (χ4v) is 4.77. The molecule has 1 unspecified atom stereocenters. The van der Waals surface area contributed by atoms with Crippen LogP contribution in [0.15, 0.2) is 34.5 Å². The van der Waals surface area contributed by atoms with Gasteiger partial charge in [-0.15, -0.1) is 0 Å². The molecule has 6 nitrogen and oxygen atoms in total. The lowest BCUT2D eigenvalue weighted by atomic mass is 9.67. The fraction of sp³-hybridized carbons (Fsp3) is 0.577. The summed E-state index contributed by atoms with van der Waals surface area (Å²) < 4.78 is 16.5. The predicted molar refractivity (Wildman–Crippen MR) is 124 cm³/mol. The van der Waals surface area contributed by atoms with E-state index in [-0.39, 0.29) is 17.2 Å². The van der Waals surface area contributed by atoms with Crippen molar-refractivity contribution in [2.75, 3.05) is 20.8 Å². The number of carbonyl (C=O) groups excluding carboxylic acids is 2. The minimum atomic E-state index is -0.640. The SMILES string of the molecule is CCCCCOC(=O)C1C(C)=NC2=C(C(=O)CC(C)(C)C2)[C@@H]1c1ccc(OC)c(OC)c1. The Bertz CT molecular complexity index is 944. The van der Waals surface area contributed by atoms with E-state index in [1.807, 2.05) is 25.1 Å². The lowest BCUT2D eigenvalue weighted by molar-refractivity contribution is -0.146. The summed E-state index contributed by atoms with van der Waals surface area (Å²) in [6.45, 7) is 8.51. The van der Waals surface area contributed by atoms with E-state index in [4.69, 9.17) is 19.2 Å². The second-order valence-corrected chi connectivity index (χ2v) is 9.50. The maximum atomic E-state index is 13.3. The van der Waals surface area contributed by atoms with Gasteiger partial charge in [0.1, 0.15) is 5.92 Å². The van der Waals surface area contributed by atoms with Crippen molar-refractivity contribution in [3.8, 4) is 11.5 Å². The number of aliphatic imine (C=N–C) groups is 1. The molecular weight excluding hydrogens is 406 g/mol. The van der Waals surface area contributed by atoms with E-state index in [1.54, 1.807) is 14.2 Å². The molecular formula is C26H35NO5. The molecule has 6 heteroatoms. The van der Waals surface area contributed by atoms with Gasteiger partial charge in [0.25, 0.3) is 0 Å². The van der Waals surface area contributed by atoms with Crippen LogP contribution < -0.4 is 9.47 Å². The Labute approximate surface area is 191 Å². The average Bonchev–Trinajstić information content (AvgIpc) is 2.74. The third-order valence-corrected chi connectivity index (χ3v) is 6.32. The molecule has 174 valence electrons. The lowest BCUT2D eigenvalue weighted by Crippen LogP contribution is -2.39. The van der Waals surface area contributed by atoms with Crippen molar-refractivity contribution in [2.45, 2.75) is 65.7 Å². The molecule has 3 rings (SSSR count). The van der Waals surface area contributed by atoms with Crippen LogP contribution in [0, 0.1) is 11.3 Å². The van der Waals surface area contributed by atoms with Crippen molar-refractivity contribution < 1.29 is 23.8 Å². The Morgan fingerprint density at radius 3 is 2.50 bits per heavy atom. The highest BCUT2D eigenvalue weighted by Gasteiger charge is 2.46. The molecule has 1 aliphatic carbocycles. The molecule has 0 saturated heterocycles. The molecule has 0 radical (unpaired) electrons. The topological polar surface area (TPSA) is 74.2 Å². The van der Waals surface area contributed by atoms with Gasteiger partial charge in [-0.05, 0) is 42.9 Å². The minimum Gasteiger partial charge on any atom is -0.493 e. The Morgan fingerprint density at radius 1 is 1.12 bits per heavy atom. The Kier molecular flexibility index (Phi) is 7.42. The van der Waals surface area contributed by atoms with E-state index in [0.29, 0.717) is 42.2 Å². The smallest absolute Gasteiger partial charge is 0.315 e. The molecule has 1 aromatic rings. The van der Waals surface area contributed by atoms with Crippen LogP contribution in [0.1, 0.15) is 71.3 Å². The van der Waals surface area contributed by atoms with Gasteiger partial charge in [-0.2, -0.15) is 0 Å². The van der Waals surface area contributed by atoms with Crippen molar-refractivity contribution in [1.82, 2.24) is 0 Å². The molecule has 1 aliphatic heterocycles. The van der Waals surface area contributed by atoms with Crippen LogP contribution >= 0.6 is 0 Å². The summed E-state index contributed by atoms with van der Waals surface area (Å²) in [5.74, 6) is -0.210. The molecule has 0 saturated carbocycles. The molecule has 2 atom stereocenters. The second-order valence-electron chi connectivity index (χ2n) is 9.50. The number of methoxy groups -OCH3 is 2. The molecule has 0 bridgehead atoms. The lowest BCUT2D eigenvalue weighted by Gasteiger charge is -2.39. The van der Waals surface area contributed by atoms with Crippen molar-refractivity contribution in [3.63, 3.8) is 0 Å². The third kappa shape index (κ3) is 4.89. The maximum absolute atomic E-state index is 13.3. The molecule has 1 aromatic carbocycles. The van der Waals surface area contributed by atoms with E-state index in [1.165, 1.54) is 0 Å². The summed E-state index contributed by atoms with van der Waals surface area (Å²) in [5.41, 5.74) is 2.79. The normalized spacial score (nSPS) is 22.2. The average molecular weight is 442 g/mol. The van der Waals surface area contributed by atoms with Gasteiger partial charge in [0.2, 0.25) is 0 Å². The standard InChI is InChI=1S/C26H35NO5/c1-7-8-9-12-32-25(29)22-16(2)27-18-14-26(3,4)15-19(28)24(18)23(22)17-10-11-20(30-5)21(13-17)31-6/h10-11,13,22-23H,7-9,12,14-15H2,1-6H3/t22?,23-/m1/s1. The van der Waals surface area contributed by atoms with Gasteiger partial charge < -0.3 is 14.2 Å². The third-order valence-electron chi connectivity index (χ3n) is 6.32. The minimum absolute atomic E-state index is 0.0519. The first kappa shape index (κ1) is 24.0.